The van der Waals surface area contributed by atoms with Gasteiger partial charge >= 0.3 is 0 Å². The molecule has 3 aromatic rings. The van der Waals surface area contributed by atoms with Gasteiger partial charge in [0, 0.05) is 56.3 Å². The number of nitrogens with zero attached hydrogens (tertiary/aromatic N) is 3. The molecule has 5 nitrogen and oxygen atoms in total. The molecule has 0 spiro atoms. The highest BCUT2D eigenvalue weighted by molar-refractivity contribution is 7.15. The molecule has 0 bridgehead atoms. The first kappa shape index (κ1) is 18.7. The van der Waals surface area contributed by atoms with E-state index in [2.05, 4.69) is 39.5 Å². The number of fused-ring (bicyclic) bond motifs is 1. The summed E-state index contributed by atoms with van der Waals surface area (Å²) in [5, 5.41) is 3.66. The first-order valence-electron chi connectivity index (χ1n) is 9.42. The van der Waals surface area contributed by atoms with Gasteiger partial charge in [0.15, 0.2) is 5.13 Å². The summed E-state index contributed by atoms with van der Waals surface area (Å²) in [5.41, 5.74) is 4.09. The van der Waals surface area contributed by atoms with E-state index in [9.17, 15) is 4.79 Å². The lowest BCUT2D eigenvalue weighted by molar-refractivity contribution is 0.102. The maximum atomic E-state index is 12.6. The molecule has 0 fully saturated rings. The summed E-state index contributed by atoms with van der Waals surface area (Å²) in [7, 11) is 3.93. The second kappa shape index (κ2) is 8.12. The maximum Gasteiger partial charge on any atom is 0.257 e. The molecule has 1 aliphatic heterocycles. The molecule has 0 saturated carbocycles. The van der Waals surface area contributed by atoms with Crippen LogP contribution in [0.2, 0.25) is 0 Å². The summed E-state index contributed by atoms with van der Waals surface area (Å²) in [5.74, 6) is -0.115. The summed E-state index contributed by atoms with van der Waals surface area (Å²) in [4.78, 5) is 23.0. The average Bonchev–Trinajstić information content (AvgIpc) is 3.10. The fraction of sp³-hybridized carbons (Fsp3) is 0.273. The summed E-state index contributed by atoms with van der Waals surface area (Å²) in [6.07, 6.45) is 0.921. The first-order valence-corrected chi connectivity index (χ1v) is 10.2. The molecule has 28 heavy (non-hydrogen) atoms. The Bertz CT molecular complexity index is 968. The summed E-state index contributed by atoms with van der Waals surface area (Å²) < 4.78 is 0. The van der Waals surface area contributed by atoms with Crippen molar-refractivity contribution in [2.24, 2.45) is 0 Å². The fourth-order valence-corrected chi connectivity index (χ4v) is 4.42. The van der Waals surface area contributed by atoms with Crippen molar-refractivity contribution in [2.45, 2.75) is 19.5 Å². The van der Waals surface area contributed by atoms with Crippen LogP contribution in [0.4, 0.5) is 10.8 Å². The van der Waals surface area contributed by atoms with Crippen molar-refractivity contribution < 1.29 is 4.79 Å². The third-order valence-electron chi connectivity index (χ3n) is 4.90. The minimum absolute atomic E-state index is 0.115. The minimum atomic E-state index is -0.115. The summed E-state index contributed by atoms with van der Waals surface area (Å²) in [6.45, 7) is 2.81. The van der Waals surface area contributed by atoms with E-state index in [4.69, 9.17) is 0 Å². The Morgan fingerprint density at radius 3 is 2.79 bits per heavy atom. The van der Waals surface area contributed by atoms with Crippen molar-refractivity contribution in [1.29, 1.82) is 0 Å². The van der Waals surface area contributed by atoms with Gasteiger partial charge in [0.05, 0.1) is 5.69 Å². The molecular weight excluding hydrogens is 368 g/mol. The molecule has 0 radical (unpaired) electrons. The van der Waals surface area contributed by atoms with E-state index in [1.54, 1.807) is 11.3 Å². The smallest absolute Gasteiger partial charge is 0.257 e. The Morgan fingerprint density at radius 1 is 1.18 bits per heavy atom. The molecule has 1 aliphatic rings. The number of nitrogens with one attached hydrogen (secondary N) is 1. The zero-order valence-corrected chi connectivity index (χ0v) is 17.0. The van der Waals surface area contributed by atoms with E-state index in [0.717, 1.165) is 37.4 Å². The van der Waals surface area contributed by atoms with Gasteiger partial charge < -0.3 is 4.90 Å². The monoisotopic (exact) mass is 392 g/mol. The van der Waals surface area contributed by atoms with Crippen LogP contribution in [-0.2, 0) is 19.5 Å². The predicted octanol–water partition coefficient (Wildman–Crippen LogP) is 4.02. The van der Waals surface area contributed by atoms with Gasteiger partial charge in [-0.15, -0.1) is 11.3 Å². The number of hydrogen-bond donors (Lipinski definition) is 1. The van der Waals surface area contributed by atoms with E-state index in [0.29, 0.717) is 10.7 Å². The van der Waals surface area contributed by atoms with Crippen molar-refractivity contribution in [3.63, 3.8) is 0 Å². The van der Waals surface area contributed by atoms with E-state index in [1.165, 1.54) is 10.4 Å². The molecule has 144 valence electrons. The van der Waals surface area contributed by atoms with Crippen LogP contribution in [0, 0.1) is 0 Å². The number of anilines is 2. The standard InChI is InChI=1S/C22H24N4OS/c1-25(2)18-10-6-9-17(13-18)21(27)24-22-23-19-11-12-26(15-20(19)28-22)14-16-7-4-3-5-8-16/h3-10,13H,11-12,14-15H2,1-2H3,(H,23,24,27). The molecule has 0 aliphatic carbocycles. The lowest BCUT2D eigenvalue weighted by atomic mass is 10.1. The van der Waals surface area contributed by atoms with E-state index < -0.39 is 0 Å². The van der Waals surface area contributed by atoms with Gasteiger partial charge in [-0.2, -0.15) is 0 Å². The number of thiazole rings is 1. The van der Waals surface area contributed by atoms with E-state index in [1.807, 2.05) is 49.3 Å². The van der Waals surface area contributed by atoms with Crippen LogP contribution < -0.4 is 10.2 Å². The van der Waals surface area contributed by atoms with Crippen LogP contribution in [0.5, 0.6) is 0 Å². The number of amides is 1. The zero-order valence-electron chi connectivity index (χ0n) is 16.2. The lowest BCUT2D eigenvalue weighted by Gasteiger charge is -2.25. The highest BCUT2D eigenvalue weighted by Gasteiger charge is 2.21. The van der Waals surface area contributed by atoms with Crippen LogP contribution in [-0.4, -0.2) is 36.4 Å². The zero-order chi connectivity index (χ0) is 19.5. The highest BCUT2D eigenvalue weighted by Crippen LogP contribution is 2.29. The molecule has 1 amide bonds. The third kappa shape index (κ3) is 4.24. The van der Waals surface area contributed by atoms with Crippen molar-refractivity contribution >= 4 is 28.1 Å². The van der Waals surface area contributed by atoms with Gasteiger partial charge in [0.1, 0.15) is 0 Å². The Hall–Kier alpha value is -2.70. The van der Waals surface area contributed by atoms with Gasteiger partial charge in [-0.3, -0.25) is 15.0 Å². The van der Waals surface area contributed by atoms with E-state index >= 15 is 0 Å². The van der Waals surface area contributed by atoms with Crippen LogP contribution in [0.1, 0.15) is 26.5 Å². The summed E-state index contributed by atoms with van der Waals surface area (Å²) in [6, 6.07) is 18.1. The SMILES string of the molecule is CN(C)c1cccc(C(=O)Nc2nc3c(s2)CN(Cc2ccccc2)CC3)c1. The molecule has 1 aromatic heterocycles. The Balaban J connectivity index is 1.43. The molecular formula is C22H24N4OS. The second-order valence-electron chi connectivity index (χ2n) is 7.23. The normalized spacial score (nSPS) is 13.8. The quantitative estimate of drug-likeness (QED) is 0.712. The number of hydrogen-bond acceptors (Lipinski definition) is 5. The van der Waals surface area contributed by atoms with Crippen LogP contribution in [0.3, 0.4) is 0 Å². The molecule has 0 atom stereocenters. The van der Waals surface area contributed by atoms with Crippen molar-refractivity contribution in [1.82, 2.24) is 9.88 Å². The maximum absolute atomic E-state index is 12.6. The van der Waals surface area contributed by atoms with Crippen LogP contribution >= 0.6 is 11.3 Å². The van der Waals surface area contributed by atoms with Crippen LogP contribution in [0.15, 0.2) is 54.6 Å². The van der Waals surface area contributed by atoms with Gasteiger partial charge in [-0.1, -0.05) is 36.4 Å². The Morgan fingerprint density at radius 2 is 2.00 bits per heavy atom. The molecule has 6 heteroatoms. The molecule has 1 N–H and O–H groups in total. The predicted molar refractivity (Wildman–Crippen MR) is 115 cm³/mol. The second-order valence-corrected chi connectivity index (χ2v) is 8.32. The van der Waals surface area contributed by atoms with Crippen LogP contribution in [0.25, 0.3) is 0 Å². The number of rotatable bonds is 5. The minimum Gasteiger partial charge on any atom is -0.378 e. The third-order valence-corrected chi connectivity index (χ3v) is 5.90. The molecule has 2 heterocycles. The molecule has 4 rings (SSSR count). The Labute approximate surface area is 169 Å². The number of carbonyl (C=O) groups excluding carboxylic acids is 1. The number of benzene rings is 2. The largest absolute Gasteiger partial charge is 0.378 e. The number of carbonyl (C=O) groups is 1. The van der Waals surface area contributed by atoms with Gasteiger partial charge in [0.25, 0.3) is 5.91 Å². The number of aromatic nitrogens is 1. The molecule has 2 aromatic carbocycles. The van der Waals surface area contributed by atoms with Gasteiger partial charge in [-0.25, -0.2) is 4.98 Å². The first-order chi connectivity index (χ1) is 13.6. The molecule has 0 saturated heterocycles. The fourth-order valence-electron chi connectivity index (χ4n) is 3.37. The summed E-state index contributed by atoms with van der Waals surface area (Å²) >= 11 is 1.59. The van der Waals surface area contributed by atoms with Gasteiger partial charge in [0.2, 0.25) is 0 Å². The lowest BCUT2D eigenvalue weighted by Crippen LogP contribution is -2.29. The van der Waals surface area contributed by atoms with Gasteiger partial charge in [-0.05, 0) is 23.8 Å². The highest BCUT2D eigenvalue weighted by atomic mass is 32.1. The van der Waals surface area contributed by atoms with E-state index in [-0.39, 0.29) is 5.91 Å². The van der Waals surface area contributed by atoms with Crippen molar-refractivity contribution in [3.05, 3.63) is 76.3 Å². The topological polar surface area (TPSA) is 48.5 Å². The molecule has 0 unspecified atom stereocenters. The van der Waals surface area contributed by atoms with Crippen molar-refractivity contribution in [2.75, 3.05) is 30.9 Å². The Kier molecular flexibility index (Phi) is 5.41. The average molecular weight is 393 g/mol. The van der Waals surface area contributed by atoms with Crippen molar-refractivity contribution in [3.8, 4) is 0 Å².